The molecule has 2 atom stereocenters. The Balaban J connectivity index is 2.26. The third kappa shape index (κ3) is 2.74. The molecule has 0 aromatic carbocycles. The Morgan fingerprint density at radius 3 is 2.18 bits per heavy atom. The monoisotopic (exact) mass is 333 g/mol. The smallest absolute Gasteiger partial charge is 0.403 e. The lowest BCUT2D eigenvalue weighted by Gasteiger charge is -2.48. The van der Waals surface area contributed by atoms with Crippen molar-refractivity contribution in [2.24, 2.45) is 5.41 Å². The van der Waals surface area contributed by atoms with Crippen molar-refractivity contribution < 1.29 is 41.0 Å². The molecule has 0 unspecified atom stereocenters. The quantitative estimate of drug-likeness (QED) is 0.807. The van der Waals surface area contributed by atoms with Gasteiger partial charge in [0.25, 0.3) is 5.92 Å². The van der Waals surface area contributed by atoms with Crippen LogP contribution in [0.15, 0.2) is 0 Å². The van der Waals surface area contributed by atoms with Gasteiger partial charge in [0.15, 0.2) is 5.41 Å². The highest BCUT2D eigenvalue weighted by Crippen LogP contribution is 2.61. The number of halogens is 6. The Morgan fingerprint density at radius 1 is 1.23 bits per heavy atom. The highest BCUT2D eigenvalue weighted by Gasteiger charge is 2.74. The van der Waals surface area contributed by atoms with E-state index >= 15 is 0 Å². The zero-order chi connectivity index (χ0) is 16.9. The fraction of sp³-hybridized carbons (Fsp3) is 0.833. The summed E-state index contributed by atoms with van der Waals surface area (Å²) in [6.07, 6.45) is -11.4. The Hall–Kier alpha value is -1.48. The third-order valence-corrected chi connectivity index (χ3v) is 4.11. The molecule has 2 aliphatic rings. The van der Waals surface area contributed by atoms with Gasteiger partial charge >= 0.3 is 12.1 Å². The number of amides is 1. The first-order valence-corrected chi connectivity index (χ1v) is 6.49. The summed E-state index contributed by atoms with van der Waals surface area (Å²) in [6.45, 7) is -0.708. The molecule has 0 bridgehead atoms. The van der Waals surface area contributed by atoms with Crippen molar-refractivity contribution in [2.45, 2.75) is 50.0 Å². The van der Waals surface area contributed by atoms with Gasteiger partial charge in [-0.15, -0.1) is 0 Å². The van der Waals surface area contributed by atoms with E-state index in [1.165, 1.54) is 0 Å². The molecule has 1 heterocycles. The Labute approximate surface area is 121 Å². The SMILES string of the molecule is O=C(O)C[C@@H]1C[C@@H](F)CN1C(=O)C1(C(F)(F)F)CC(F)(F)C1. The van der Waals surface area contributed by atoms with Crippen molar-refractivity contribution in [1.29, 1.82) is 0 Å². The molecular formula is C12H13F6NO3. The maximum atomic E-state index is 13.4. The molecule has 2 rings (SSSR count). The molecule has 1 N–H and O–H groups in total. The molecule has 1 saturated carbocycles. The first kappa shape index (κ1) is 16.9. The molecule has 1 aliphatic carbocycles. The summed E-state index contributed by atoms with van der Waals surface area (Å²) in [5.74, 6) is -6.67. The van der Waals surface area contributed by atoms with Crippen LogP contribution in [0.3, 0.4) is 0 Å². The molecule has 2 fully saturated rings. The fourth-order valence-electron chi connectivity index (χ4n) is 3.08. The molecule has 22 heavy (non-hydrogen) atoms. The summed E-state index contributed by atoms with van der Waals surface area (Å²) in [5, 5.41) is 8.67. The largest absolute Gasteiger partial charge is 0.481 e. The van der Waals surface area contributed by atoms with E-state index in [4.69, 9.17) is 5.11 Å². The van der Waals surface area contributed by atoms with Crippen molar-refractivity contribution in [1.82, 2.24) is 4.90 Å². The van der Waals surface area contributed by atoms with Crippen molar-refractivity contribution in [3.8, 4) is 0 Å². The first-order valence-electron chi connectivity index (χ1n) is 6.49. The van der Waals surface area contributed by atoms with E-state index in [9.17, 15) is 35.9 Å². The van der Waals surface area contributed by atoms with E-state index in [1.54, 1.807) is 0 Å². The van der Waals surface area contributed by atoms with Gasteiger partial charge in [0, 0.05) is 25.3 Å². The van der Waals surface area contributed by atoms with E-state index in [-0.39, 0.29) is 0 Å². The molecule has 0 aromatic heterocycles. The number of nitrogens with zero attached hydrogens (tertiary/aromatic N) is 1. The lowest BCUT2D eigenvalue weighted by atomic mass is 9.64. The average Bonchev–Trinajstić information content (AvgIpc) is 2.63. The average molecular weight is 333 g/mol. The second-order valence-corrected chi connectivity index (χ2v) is 5.83. The van der Waals surface area contributed by atoms with E-state index in [0.717, 1.165) is 0 Å². The van der Waals surface area contributed by atoms with Crippen molar-refractivity contribution in [3.05, 3.63) is 0 Å². The highest BCUT2D eigenvalue weighted by molar-refractivity contribution is 5.86. The van der Waals surface area contributed by atoms with Gasteiger partial charge < -0.3 is 10.0 Å². The summed E-state index contributed by atoms with van der Waals surface area (Å²) < 4.78 is 78.6. The minimum absolute atomic E-state index is 0.414. The molecule has 4 nitrogen and oxygen atoms in total. The number of hydrogen-bond acceptors (Lipinski definition) is 2. The summed E-state index contributed by atoms with van der Waals surface area (Å²) in [7, 11) is 0. The summed E-state index contributed by atoms with van der Waals surface area (Å²) in [4.78, 5) is 23.3. The number of carboxylic acids is 1. The molecule has 0 radical (unpaired) electrons. The number of hydrogen-bond donors (Lipinski definition) is 1. The molecule has 1 amide bonds. The van der Waals surface area contributed by atoms with Crippen molar-refractivity contribution >= 4 is 11.9 Å². The highest BCUT2D eigenvalue weighted by atomic mass is 19.4. The van der Waals surface area contributed by atoms with Gasteiger partial charge in [0.2, 0.25) is 5.91 Å². The predicted molar refractivity (Wildman–Crippen MR) is 59.9 cm³/mol. The van der Waals surface area contributed by atoms with Crippen LogP contribution in [0.1, 0.15) is 25.7 Å². The fourth-order valence-corrected chi connectivity index (χ4v) is 3.08. The lowest BCUT2D eigenvalue weighted by Crippen LogP contribution is -2.63. The van der Waals surface area contributed by atoms with E-state index in [2.05, 4.69) is 0 Å². The van der Waals surface area contributed by atoms with E-state index < -0.39 is 73.8 Å². The van der Waals surface area contributed by atoms with Gasteiger partial charge in [-0.25, -0.2) is 13.2 Å². The number of carboxylic acid groups (broad SMARTS) is 1. The summed E-state index contributed by atoms with van der Waals surface area (Å²) in [6, 6.07) is -1.26. The van der Waals surface area contributed by atoms with Gasteiger partial charge in [-0.3, -0.25) is 9.59 Å². The Kier molecular flexibility index (Phi) is 3.85. The topological polar surface area (TPSA) is 57.6 Å². The maximum absolute atomic E-state index is 13.4. The molecule has 0 aromatic rings. The van der Waals surface area contributed by atoms with Gasteiger partial charge in [0.05, 0.1) is 13.0 Å². The van der Waals surface area contributed by atoms with E-state index in [1.807, 2.05) is 0 Å². The number of aliphatic carboxylic acids is 1. The molecule has 126 valence electrons. The molecular weight excluding hydrogens is 320 g/mol. The van der Waals surface area contributed by atoms with Crippen LogP contribution in [-0.2, 0) is 9.59 Å². The van der Waals surface area contributed by atoms with Crippen LogP contribution in [-0.4, -0.2) is 52.7 Å². The van der Waals surface area contributed by atoms with Gasteiger partial charge in [0.1, 0.15) is 6.17 Å². The van der Waals surface area contributed by atoms with Crippen LogP contribution in [0.2, 0.25) is 0 Å². The normalized spacial score (nSPS) is 30.0. The number of carbonyl (C=O) groups excluding carboxylic acids is 1. The van der Waals surface area contributed by atoms with Crippen LogP contribution < -0.4 is 0 Å². The van der Waals surface area contributed by atoms with Crippen LogP contribution in [0.4, 0.5) is 26.3 Å². The number of rotatable bonds is 3. The number of alkyl halides is 6. The first-order chi connectivity index (χ1) is 9.88. The van der Waals surface area contributed by atoms with Gasteiger partial charge in [-0.1, -0.05) is 0 Å². The zero-order valence-corrected chi connectivity index (χ0v) is 11.2. The second kappa shape index (κ2) is 5.02. The molecule has 1 saturated heterocycles. The zero-order valence-electron chi connectivity index (χ0n) is 11.2. The molecule has 10 heteroatoms. The van der Waals surface area contributed by atoms with Gasteiger partial charge in [-0.05, 0) is 0 Å². The summed E-state index contributed by atoms with van der Waals surface area (Å²) >= 11 is 0. The van der Waals surface area contributed by atoms with E-state index in [0.29, 0.717) is 4.90 Å². The third-order valence-electron chi connectivity index (χ3n) is 4.11. The predicted octanol–water partition coefficient (Wildman–Crippen LogP) is 2.38. The second-order valence-electron chi connectivity index (χ2n) is 5.83. The minimum Gasteiger partial charge on any atom is -0.481 e. The maximum Gasteiger partial charge on any atom is 0.403 e. The number of likely N-dealkylation sites (tertiary alicyclic amines) is 1. The minimum atomic E-state index is -5.20. The summed E-state index contributed by atoms with van der Waals surface area (Å²) in [5.41, 5.74) is -3.25. The lowest BCUT2D eigenvalue weighted by molar-refractivity contribution is -0.299. The standard InChI is InChI=1S/C12H13F6NO3/c13-6-1-7(2-8(20)21)19(3-6)9(22)10(12(16,17)18)4-11(14,15)5-10/h6-7H,1-5H2,(H,20,21)/t6-,7+/m1/s1. The molecule has 0 spiro atoms. The Bertz CT molecular complexity index is 484. The van der Waals surface area contributed by atoms with Crippen molar-refractivity contribution in [2.75, 3.05) is 6.54 Å². The van der Waals surface area contributed by atoms with Gasteiger partial charge in [-0.2, -0.15) is 13.2 Å². The Morgan fingerprint density at radius 2 is 1.77 bits per heavy atom. The van der Waals surface area contributed by atoms with Crippen molar-refractivity contribution in [3.63, 3.8) is 0 Å². The van der Waals surface area contributed by atoms with Crippen LogP contribution in [0, 0.1) is 5.41 Å². The van der Waals surface area contributed by atoms with Crippen LogP contribution in [0.25, 0.3) is 0 Å². The van der Waals surface area contributed by atoms with Crippen LogP contribution in [0.5, 0.6) is 0 Å². The van der Waals surface area contributed by atoms with Crippen LogP contribution >= 0.6 is 0 Å². The molecule has 1 aliphatic heterocycles. The number of carbonyl (C=O) groups is 2.